The van der Waals surface area contributed by atoms with E-state index in [0.29, 0.717) is 11.4 Å². The van der Waals surface area contributed by atoms with Crippen LogP contribution in [0.2, 0.25) is 0 Å². The maximum absolute atomic E-state index is 10.9. The second-order valence-electron chi connectivity index (χ2n) is 18.9. The highest BCUT2D eigenvalue weighted by Gasteiger charge is 2.21. The van der Waals surface area contributed by atoms with Gasteiger partial charge in [-0.3, -0.25) is 0 Å². The van der Waals surface area contributed by atoms with Crippen molar-refractivity contribution < 1.29 is 0 Å². The predicted molar refractivity (Wildman–Crippen MR) is 318 cm³/mol. The van der Waals surface area contributed by atoms with Crippen molar-refractivity contribution in [2.75, 3.05) is 9.80 Å². The lowest BCUT2D eigenvalue weighted by Crippen LogP contribution is -2.09. The van der Waals surface area contributed by atoms with Gasteiger partial charge in [-0.2, -0.15) is 5.26 Å². The molecule has 0 aliphatic carbocycles. The number of anilines is 6. The van der Waals surface area contributed by atoms with E-state index in [2.05, 4.69) is 257 Å². The van der Waals surface area contributed by atoms with Crippen LogP contribution in [0.5, 0.6) is 0 Å². The molecule has 0 aliphatic rings. The first-order valence-corrected chi connectivity index (χ1v) is 25.8. The van der Waals surface area contributed by atoms with E-state index in [1.54, 1.807) is 0 Å². The van der Waals surface area contributed by atoms with Crippen LogP contribution in [0.4, 0.5) is 34.1 Å². The van der Waals surface area contributed by atoms with Gasteiger partial charge in [-0.1, -0.05) is 188 Å². The highest BCUT2D eigenvalue weighted by atomic mass is 15.1. The van der Waals surface area contributed by atoms with Crippen molar-refractivity contribution in [3.05, 3.63) is 297 Å². The predicted octanol–water partition coefficient (Wildman–Crippen LogP) is 18.7. The molecule has 6 nitrogen and oxygen atoms in total. The van der Waals surface area contributed by atoms with Gasteiger partial charge < -0.3 is 14.4 Å². The van der Waals surface area contributed by atoms with Gasteiger partial charge in [-0.05, 0) is 125 Å². The van der Waals surface area contributed by atoms with Crippen molar-refractivity contribution in [2.24, 2.45) is 0 Å². The van der Waals surface area contributed by atoms with Gasteiger partial charge in [0, 0.05) is 67.3 Å². The van der Waals surface area contributed by atoms with E-state index >= 15 is 0 Å². The lowest BCUT2D eigenvalue weighted by Gasteiger charge is -2.26. The van der Waals surface area contributed by atoms with Crippen molar-refractivity contribution in [1.82, 2.24) is 14.5 Å². The summed E-state index contributed by atoms with van der Waals surface area (Å²) in [6.45, 7) is 0. The Hall–Kier alpha value is -10.6. The highest BCUT2D eigenvalue weighted by molar-refractivity contribution is 6.12. The Kier molecular flexibility index (Phi) is 12.2. The van der Waals surface area contributed by atoms with Gasteiger partial charge in [0.05, 0.1) is 34.1 Å². The second-order valence-corrected chi connectivity index (χ2v) is 18.9. The zero-order valence-electron chi connectivity index (χ0n) is 41.9. The molecule has 0 amide bonds. The quantitative estimate of drug-likeness (QED) is 0.122. The molecule has 11 aromatic carbocycles. The van der Waals surface area contributed by atoms with Gasteiger partial charge in [0.2, 0.25) is 0 Å². The molecule has 0 aliphatic heterocycles. The summed E-state index contributed by atoms with van der Waals surface area (Å²) in [4.78, 5) is 14.6. The fourth-order valence-corrected chi connectivity index (χ4v) is 10.5. The molecule has 0 radical (unpaired) electrons. The van der Waals surface area contributed by atoms with Crippen molar-refractivity contribution >= 4 is 55.9 Å². The first kappa shape index (κ1) is 46.2. The summed E-state index contributed by atoms with van der Waals surface area (Å²) in [7, 11) is 0. The molecule has 0 atom stereocenters. The molecule has 0 N–H and O–H groups in total. The molecule has 0 saturated carbocycles. The molecule has 2 heterocycles. The minimum absolute atomic E-state index is 0.594. The Morgan fingerprint density at radius 2 is 0.688 bits per heavy atom. The average molecular weight is 985 g/mol. The lowest BCUT2D eigenvalue weighted by atomic mass is 9.96. The maximum Gasteiger partial charge on any atom is 0.160 e. The third-order valence-electron chi connectivity index (χ3n) is 14.2. The SMILES string of the molecule is N#Cc1cc(-n2c3ccc(N(c4ccccc4)c4ccccc4)cc3c3cc(N(c4ccccc4)c4ccccc4)ccc32)ccc1-c1ccc(-c2ccc(-c3cc(-c4ccccc4)nc(-c4ccccc4)n3)cc2)cc1. The number of nitrogens with zero attached hydrogens (tertiary/aromatic N) is 6. The van der Waals surface area contributed by atoms with E-state index in [-0.39, 0.29) is 0 Å². The molecule has 13 rings (SSSR count). The molecule has 0 saturated heterocycles. The average Bonchev–Trinajstić information content (AvgIpc) is 3.96. The number of fused-ring (bicyclic) bond motifs is 3. The molecule has 0 spiro atoms. The summed E-state index contributed by atoms with van der Waals surface area (Å²) in [6, 6.07) is 104. The van der Waals surface area contributed by atoms with Crippen LogP contribution in [0.3, 0.4) is 0 Å². The Morgan fingerprint density at radius 3 is 1.12 bits per heavy atom. The zero-order chi connectivity index (χ0) is 51.5. The number of rotatable bonds is 12. The summed E-state index contributed by atoms with van der Waals surface area (Å²) in [6.07, 6.45) is 0. The summed E-state index contributed by atoms with van der Waals surface area (Å²) in [5, 5.41) is 13.1. The smallest absolute Gasteiger partial charge is 0.160 e. The van der Waals surface area contributed by atoms with Gasteiger partial charge in [-0.25, -0.2) is 9.97 Å². The number of aromatic nitrogens is 3. The van der Waals surface area contributed by atoms with Gasteiger partial charge in [0.15, 0.2) is 5.82 Å². The van der Waals surface area contributed by atoms with Crippen LogP contribution in [-0.4, -0.2) is 14.5 Å². The Bertz CT molecular complexity index is 3960. The number of benzene rings is 11. The lowest BCUT2D eigenvalue weighted by molar-refractivity contribution is 1.17. The van der Waals surface area contributed by atoms with Crippen LogP contribution in [0.15, 0.2) is 291 Å². The molecule has 0 unspecified atom stereocenters. The van der Waals surface area contributed by atoms with E-state index in [4.69, 9.17) is 9.97 Å². The standard InChI is InChI=1S/C71H48N6/c72-49-56-45-61(39-42-64(56)52-35-31-50(32-36-52)51-33-37-54(38-34-51)68-48-67(53-19-7-1-8-20-53)73-71(74-68)55-21-9-2-10-22-55)77-69-43-40-62(75(57-23-11-3-12-24-57)58-25-13-4-14-26-58)46-65(69)66-47-63(41-44-70(66)77)76(59-27-15-5-16-28-59)60-29-17-6-18-30-60/h1-48H. The van der Waals surface area contributed by atoms with E-state index in [0.717, 1.165) is 112 Å². The third-order valence-corrected chi connectivity index (χ3v) is 14.2. The summed E-state index contributed by atoms with van der Waals surface area (Å²) in [5.74, 6) is 0.689. The molecule has 0 fully saturated rings. The summed E-state index contributed by atoms with van der Waals surface area (Å²) in [5.41, 5.74) is 18.7. The van der Waals surface area contributed by atoms with Gasteiger partial charge >= 0.3 is 0 Å². The molecular weight excluding hydrogens is 937 g/mol. The minimum atomic E-state index is 0.594. The van der Waals surface area contributed by atoms with Crippen LogP contribution in [-0.2, 0) is 0 Å². The monoisotopic (exact) mass is 984 g/mol. The fourth-order valence-electron chi connectivity index (χ4n) is 10.5. The third kappa shape index (κ3) is 9.05. The number of para-hydroxylation sites is 4. The van der Waals surface area contributed by atoms with Crippen LogP contribution < -0.4 is 9.80 Å². The minimum Gasteiger partial charge on any atom is -0.310 e. The Labute approximate surface area is 448 Å². The van der Waals surface area contributed by atoms with Crippen molar-refractivity contribution in [1.29, 1.82) is 5.26 Å². The van der Waals surface area contributed by atoms with Crippen LogP contribution >= 0.6 is 0 Å². The first-order valence-electron chi connectivity index (χ1n) is 25.8. The fraction of sp³-hybridized carbons (Fsp3) is 0. The zero-order valence-corrected chi connectivity index (χ0v) is 41.9. The first-order chi connectivity index (χ1) is 38.1. The van der Waals surface area contributed by atoms with Gasteiger partial charge in [0.25, 0.3) is 0 Å². The second kappa shape index (κ2) is 20.4. The van der Waals surface area contributed by atoms with Crippen molar-refractivity contribution in [3.8, 4) is 67.9 Å². The number of hydrogen-bond acceptors (Lipinski definition) is 5. The van der Waals surface area contributed by atoms with E-state index in [1.165, 1.54) is 0 Å². The van der Waals surface area contributed by atoms with Gasteiger partial charge in [0.1, 0.15) is 0 Å². The van der Waals surface area contributed by atoms with Gasteiger partial charge in [-0.15, -0.1) is 0 Å². The molecule has 77 heavy (non-hydrogen) atoms. The van der Waals surface area contributed by atoms with E-state index in [1.807, 2.05) is 54.6 Å². The van der Waals surface area contributed by atoms with Crippen LogP contribution in [0.25, 0.3) is 83.6 Å². The number of nitriles is 1. The topological polar surface area (TPSA) is 61.0 Å². The largest absolute Gasteiger partial charge is 0.310 e. The molecule has 13 aromatic rings. The Balaban J connectivity index is 0.870. The molecule has 2 aromatic heterocycles. The van der Waals surface area contributed by atoms with Crippen LogP contribution in [0, 0.1) is 11.3 Å². The van der Waals surface area contributed by atoms with Crippen molar-refractivity contribution in [2.45, 2.75) is 0 Å². The molecule has 362 valence electrons. The molecule has 0 bridgehead atoms. The highest BCUT2D eigenvalue weighted by Crippen LogP contribution is 2.43. The molecular formula is C71H48N6. The van der Waals surface area contributed by atoms with E-state index in [9.17, 15) is 5.26 Å². The van der Waals surface area contributed by atoms with Crippen LogP contribution in [0.1, 0.15) is 5.56 Å². The Morgan fingerprint density at radius 1 is 0.312 bits per heavy atom. The maximum atomic E-state index is 10.9. The summed E-state index contributed by atoms with van der Waals surface area (Å²) >= 11 is 0. The normalized spacial score (nSPS) is 11.1. The molecule has 6 heteroatoms. The summed E-state index contributed by atoms with van der Waals surface area (Å²) < 4.78 is 2.30. The van der Waals surface area contributed by atoms with Crippen molar-refractivity contribution in [3.63, 3.8) is 0 Å². The van der Waals surface area contributed by atoms with E-state index < -0.39 is 0 Å². The number of hydrogen-bond donors (Lipinski definition) is 0.